The molecule has 0 atom stereocenters. The number of rotatable bonds is 4. The van der Waals surface area contributed by atoms with Gasteiger partial charge in [-0.1, -0.05) is 66.2 Å². The number of aryl methyl sites for hydroxylation is 10. The highest BCUT2D eigenvalue weighted by Crippen LogP contribution is 2.35. The Balaban J connectivity index is 0.000000210. The fraction of sp³-hybridized carbons (Fsp3) is 0.163. The fourth-order valence-corrected chi connectivity index (χ4v) is 9.13. The summed E-state index contributed by atoms with van der Waals surface area (Å²) in [5.41, 5.74) is 52.5. The summed E-state index contributed by atoms with van der Waals surface area (Å²) in [5.74, 6) is 1.21. The molecule has 14 aromatic rings. The molecule has 0 unspecified atom stereocenters. The second kappa shape index (κ2) is 40.2. The van der Waals surface area contributed by atoms with Crippen LogP contribution in [0, 0.1) is 79.4 Å². The number of nitrogens with one attached hydrogen (secondary N) is 4. The minimum absolute atomic E-state index is 0.0702. The molecule has 0 saturated heterocycles. The molecule has 0 spiro atoms. The maximum absolute atomic E-state index is 12.1. The van der Waals surface area contributed by atoms with E-state index in [2.05, 4.69) is 122 Å². The van der Waals surface area contributed by atoms with Crippen LogP contribution in [-0.4, -0.2) is 68.1 Å². The Hall–Kier alpha value is -13.3. The van der Waals surface area contributed by atoms with Crippen molar-refractivity contribution in [3.05, 3.63) is 297 Å². The van der Waals surface area contributed by atoms with Gasteiger partial charge in [0.15, 0.2) is 0 Å². The number of aromatic hydroxyl groups is 2. The normalized spacial score (nSPS) is 10.1. The van der Waals surface area contributed by atoms with Crippen molar-refractivity contribution in [3.8, 4) is 22.9 Å². The van der Waals surface area contributed by atoms with Crippen LogP contribution in [0.25, 0.3) is 38.7 Å². The lowest BCUT2D eigenvalue weighted by molar-refractivity contribution is -0.384. The van der Waals surface area contributed by atoms with Crippen molar-refractivity contribution in [2.75, 3.05) is 46.8 Å². The van der Waals surface area contributed by atoms with Gasteiger partial charge in [0.25, 0.3) is 5.69 Å². The number of ether oxygens (including phenoxy) is 1. The summed E-state index contributed by atoms with van der Waals surface area (Å²) in [7, 11) is 1.64. The molecule has 0 saturated carbocycles. The second-order valence-electron chi connectivity index (χ2n) is 23.9. The average molecular weight is 1430 g/mol. The monoisotopic (exact) mass is 1430 g/mol. The first-order valence-electron chi connectivity index (χ1n) is 32.5. The first kappa shape index (κ1) is 82.3. The molecule has 22 nitrogen and oxygen atoms in total. The Morgan fingerprint density at radius 2 is 1.10 bits per heavy atom. The highest BCUT2D eigenvalue weighted by molar-refractivity contribution is 5.89. The number of aromatic nitrogens is 8. The first-order valence-corrected chi connectivity index (χ1v) is 32.5. The summed E-state index contributed by atoms with van der Waals surface area (Å²) in [5, 5.41) is 42.5. The molecule has 0 radical (unpaired) electrons. The van der Waals surface area contributed by atoms with E-state index in [0.717, 1.165) is 84.4 Å². The van der Waals surface area contributed by atoms with Crippen LogP contribution in [0.2, 0.25) is 0 Å². The third-order valence-electron chi connectivity index (χ3n) is 15.4. The first-order chi connectivity index (χ1) is 49.7. The number of imidazole rings is 2. The SMILES string of the molecule is CC(=O)Nc1ccc(N)c(C)c1.COc1ccc(N)c(C)c1.Cc1cc(O)ccc1N.Cc1cc([N+](=O)[O-])ccc1N.Cc1ccc(-n2ccnc2)cc1.Cc1ccc2n[nH]nc2c1.Cc1ccc2nc[nH]c2c1.Cc1cccc(C(F)(F)F)c1N.Cc1cccc(O)c1N.Cc1cccc2[nH]ccc12. The number of carbonyl (C=O) groups excluding carboxylic acids is 1. The number of methoxy groups -OCH3 is 1. The number of nitro benzene ring substituents is 1. The van der Waals surface area contributed by atoms with Gasteiger partial charge in [-0.05, 0) is 241 Å². The standard InChI is InChI=1S/C10H10N2.C9H12N2O.C9H9N.C8H8F3N.C8H8N2.C8H11NO.C7H7N3.C7H8N2O2.2C7H9NO/c1-9-2-4-10(5-3-9)12-7-6-11-8-12;1-6-5-8(11-7(2)12)3-4-9(6)10;1-7-3-2-4-9-8(7)5-6-10-9;1-5-3-2-4-6(7(5)12)8(9,10)11;1-6-2-3-7-8(4-6)10-5-9-7;1-6-5-7(10-2)3-4-8(6)9;1-5-2-3-6-7(4-5)9-10-8-6;1-5-4-6(9(10)11)2-3-7(5)8;1-5-4-6(9)2-3-7(5)8;1-5-3-2-4-6(9)7(5)8/h2-8H,1H3;3-5H,10H2,1-2H3,(H,11,12);2-6,10H,1H3;2-4H,12H2,1H3;2-5H,1H3,(H,9,10);3-5H,9H2,1-2H3;2-4H,1H3,(H,8,9,10);2-4H,8H2,1H3;2*2-4,9H,8H2,1H3. The molecule has 0 aliphatic heterocycles. The summed E-state index contributed by atoms with van der Waals surface area (Å²) < 4.78 is 43.4. The molecule has 10 aromatic carbocycles. The third kappa shape index (κ3) is 27.3. The van der Waals surface area contributed by atoms with E-state index in [1.165, 1.54) is 64.3 Å². The highest BCUT2D eigenvalue weighted by atomic mass is 19.4. The fourth-order valence-electron chi connectivity index (χ4n) is 9.13. The van der Waals surface area contributed by atoms with E-state index in [1.807, 2.05) is 106 Å². The molecule has 0 bridgehead atoms. The number of para-hydroxylation sites is 2. The van der Waals surface area contributed by atoms with Crippen LogP contribution in [0.15, 0.2) is 225 Å². The number of alkyl halides is 3. The maximum Gasteiger partial charge on any atom is 0.418 e. The van der Waals surface area contributed by atoms with Gasteiger partial charge in [0, 0.05) is 88.4 Å². The van der Waals surface area contributed by atoms with Gasteiger partial charge in [-0.25, -0.2) is 9.97 Å². The number of phenols is 2. The number of nitrogens with zero attached hydrogens (tertiary/aromatic N) is 6. The Labute approximate surface area is 608 Å². The predicted octanol–water partition coefficient (Wildman–Crippen LogP) is 17.6. The number of nitro groups is 1. The summed E-state index contributed by atoms with van der Waals surface area (Å²) in [6.45, 7) is 20.6. The number of phenolic OH excluding ortho intramolecular Hbond substituents is 2. The van der Waals surface area contributed by atoms with Gasteiger partial charge >= 0.3 is 6.18 Å². The number of hydrogen-bond donors (Lipinski definition) is 12. The van der Waals surface area contributed by atoms with E-state index >= 15 is 0 Å². The average Bonchev–Trinajstić information content (AvgIpc) is 1.86. The third-order valence-corrected chi connectivity index (χ3v) is 15.4. The lowest BCUT2D eigenvalue weighted by Gasteiger charge is -2.10. The quantitative estimate of drug-likeness (QED) is 0.0256. The van der Waals surface area contributed by atoms with Crippen molar-refractivity contribution in [3.63, 3.8) is 0 Å². The minimum atomic E-state index is -4.35. The molecule has 1 amide bonds. The zero-order chi connectivity index (χ0) is 77.5. The van der Waals surface area contributed by atoms with Crippen molar-refractivity contribution in [1.82, 2.24) is 39.9 Å². The van der Waals surface area contributed by atoms with Crippen LogP contribution in [0.3, 0.4) is 0 Å². The topological polar surface area (TPSA) is 382 Å². The van der Waals surface area contributed by atoms with Gasteiger partial charge in [0.05, 0.1) is 47.0 Å². The number of non-ortho nitro benzene ring substituents is 1. The van der Waals surface area contributed by atoms with E-state index in [9.17, 15) is 28.1 Å². The number of nitrogen functional groups attached to an aromatic ring is 6. The number of nitrogens with two attached hydrogens (primary N) is 6. The number of benzene rings is 10. The van der Waals surface area contributed by atoms with E-state index < -0.39 is 16.7 Å². The lowest BCUT2D eigenvalue weighted by atomic mass is 10.1. The van der Waals surface area contributed by atoms with E-state index in [1.54, 1.807) is 88.3 Å². The highest BCUT2D eigenvalue weighted by Gasteiger charge is 2.33. The molecule has 4 aromatic heterocycles. The molecule has 14 rings (SSSR count). The smallest absolute Gasteiger partial charge is 0.418 e. The van der Waals surface area contributed by atoms with Crippen molar-refractivity contribution in [2.45, 2.75) is 82.3 Å². The molecule has 0 aliphatic rings. The van der Waals surface area contributed by atoms with Gasteiger partial charge < -0.3 is 69.2 Å². The summed E-state index contributed by atoms with van der Waals surface area (Å²) in [4.78, 5) is 34.8. The number of aromatic amines is 3. The number of fused-ring (bicyclic) bond motifs is 3. The van der Waals surface area contributed by atoms with Crippen LogP contribution in [0.5, 0.6) is 17.2 Å². The van der Waals surface area contributed by atoms with Gasteiger partial charge in [0.2, 0.25) is 5.91 Å². The largest absolute Gasteiger partial charge is 0.508 e. The molecular weight excluding hydrogens is 1340 g/mol. The van der Waals surface area contributed by atoms with Crippen LogP contribution < -0.4 is 44.5 Å². The Bertz CT molecular complexity index is 4960. The summed E-state index contributed by atoms with van der Waals surface area (Å²) in [6, 6.07) is 58.2. The lowest BCUT2D eigenvalue weighted by Crippen LogP contribution is -2.09. The number of hydrogen-bond acceptors (Lipinski definition) is 16. The Morgan fingerprint density at radius 1 is 0.552 bits per heavy atom. The van der Waals surface area contributed by atoms with Crippen molar-refractivity contribution < 1.29 is 37.8 Å². The number of H-pyrrole nitrogens is 3. The number of anilines is 7. The van der Waals surface area contributed by atoms with Gasteiger partial charge in [-0.3, -0.25) is 14.9 Å². The number of halogens is 3. The van der Waals surface area contributed by atoms with Crippen molar-refractivity contribution >= 4 is 84.4 Å². The van der Waals surface area contributed by atoms with E-state index in [-0.39, 0.29) is 28.8 Å². The summed E-state index contributed by atoms with van der Waals surface area (Å²) in [6.07, 6.45) is 4.84. The van der Waals surface area contributed by atoms with E-state index in [4.69, 9.17) is 49.4 Å². The van der Waals surface area contributed by atoms with Gasteiger partial charge in [-0.15, -0.1) is 0 Å². The molecular formula is C80H91F3N16O6. The Morgan fingerprint density at radius 3 is 1.65 bits per heavy atom. The van der Waals surface area contributed by atoms with E-state index in [0.29, 0.717) is 22.6 Å². The molecule has 4 heterocycles. The van der Waals surface area contributed by atoms with Crippen LogP contribution in [0.1, 0.15) is 68.1 Å². The summed E-state index contributed by atoms with van der Waals surface area (Å²) >= 11 is 0. The molecule has 0 aliphatic carbocycles. The minimum Gasteiger partial charge on any atom is -0.508 e. The van der Waals surface area contributed by atoms with Crippen LogP contribution in [-0.2, 0) is 11.0 Å². The predicted molar refractivity (Wildman–Crippen MR) is 420 cm³/mol. The molecule has 18 N–H and O–H groups in total. The van der Waals surface area contributed by atoms with Crippen LogP contribution >= 0.6 is 0 Å². The van der Waals surface area contributed by atoms with Crippen molar-refractivity contribution in [1.29, 1.82) is 0 Å². The van der Waals surface area contributed by atoms with Crippen LogP contribution in [0.4, 0.5) is 58.7 Å². The second-order valence-corrected chi connectivity index (χ2v) is 23.9. The maximum atomic E-state index is 12.1. The molecule has 0 fully saturated rings. The molecule has 105 heavy (non-hydrogen) atoms. The zero-order valence-electron chi connectivity index (χ0n) is 60.7. The molecule has 25 heteroatoms. The zero-order valence-corrected chi connectivity index (χ0v) is 60.7. The molecule has 548 valence electrons. The number of amides is 1. The Kier molecular flexibility index (Phi) is 31.5. The van der Waals surface area contributed by atoms with Crippen molar-refractivity contribution in [2.24, 2.45) is 0 Å². The number of carbonyl (C=O) groups is 1. The van der Waals surface area contributed by atoms with Gasteiger partial charge in [0.1, 0.15) is 28.3 Å². The van der Waals surface area contributed by atoms with Gasteiger partial charge in [-0.2, -0.15) is 28.6 Å².